The third kappa shape index (κ3) is 3.19. The average Bonchev–Trinajstić information content (AvgIpc) is 2.68. The Hall–Kier alpha value is -0.610. The predicted molar refractivity (Wildman–Crippen MR) is 70.6 cm³/mol. The highest BCUT2D eigenvalue weighted by Crippen LogP contribution is 2.21. The van der Waals surface area contributed by atoms with E-state index in [1.807, 2.05) is 11.8 Å². The van der Waals surface area contributed by atoms with Gasteiger partial charge in [0.2, 0.25) is 5.91 Å². The first kappa shape index (κ1) is 14.5. The molecule has 1 heterocycles. The Morgan fingerprint density at radius 2 is 2.06 bits per heavy atom. The maximum absolute atomic E-state index is 12.2. The molecule has 3 unspecified atom stereocenters. The number of carbonyl (C=O) groups excluding carboxylic acids is 1. The third-order valence-electron chi connectivity index (χ3n) is 4.09. The van der Waals surface area contributed by atoms with Crippen LogP contribution in [-0.4, -0.2) is 55.0 Å². The molecular weight excluding hydrogens is 214 g/mol. The van der Waals surface area contributed by atoms with Gasteiger partial charge in [-0.25, -0.2) is 0 Å². The van der Waals surface area contributed by atoms with E-state index >= 15 is 0 Å². The average molecular weight is 241 g/mol. The lowest BCUT2D eigenvalue weighted by Gasteiger charge is -2.25. The van der Waals surface area contributed by atoms with Crippen LogP contribution in [0.15, 0.2) is 0 Å². The Bertz CT molecular complexity index is 267. The number of hydrogen-bond acceptors (Lipinski definition) is 3. The van der Waals surface area contributed by atoms with Gasteiger partial charge in [-0.15, -0.1) is 0 Å². The SMILES string of the molecule is CCC(C)[C@H](N)C(=O)N1CC(C)C(N(C)C)C1. The van der Waals surface area contributed by atoms with Crippen molar-refractivity contribution in [2.75, 3.05) is 27.2 Å². The lowest BCUT2D eigenvalue weighted by atomic mass is 9.99. The smallest absolute Gasteiger partial charge is 0.239 e. The number of carbonyl (C=O) groups is 1. The number of likely N-dealkylation sites (N-methyl/N-ethyl adjacent to an activating group) is 1. The second-order valence-electron chi connectivity index (χ2n) is 5.66. The van der Waals surface area contributed by atoms with Crippen molar-refractivity contribution in [3.8, 4) is 0 Å². The van der Waals surface area contributed by atoms with Crippen molar-refractivity contribution in [3.05, 3.63) is 0 Å². The standard InChI is InChI=1S/C13H27N3O/c1-6-9(2)12(14)13(17)16-7-10(3)11(8-16)15(4)5/h9-12H,6-8,14H2,1-5H3/t9?,10?,11?,12-/m0/s1. The molecule has 1 saturated heterocycles. The molecule has 0 aromatic heterocycles. The van der Waals surface area contributed by atoms with Crippen molar-refractivity contribution in [3.63, 3.8) is 0 Å². The Labute approximate surface area is 105 Å². The monoisotopic (exact) mass is 241 g/mol. The number of nitrogens with zero attached hydrogens (tertiary/aromatic N) is 2. The van der Waals surface area contributed by atoms with Crippen LogP contribution < -0.4 is 5.73 Å². The molecule has 4 nitrogen and oxygen atoms in total. The van der Waals surface area contributed by atoms with E-state index in [1.165, 1.54) is 0 Å². The number of amides is 1. The van der Waals surface area contributed by atoms with Gasteiger partial charge in [0, 0.05) is 19.1 Å². The molecule has 1 aliphatic rings. The summed E-state index contributed by atoms with van der Waals surface area (Å²) in [5, 5.41) is 0. The highest BCUT2D eigenvalue weighted by molar-refractivity contribution is 5.82. The van der Waals surface area contributed by atoms with Crippen LogP contribution in [0.2, 0.25) is 0 Å². The highest BCUT2D eigenvalue weighted by Gasteiger charge is 2.36. The fourth-order valence-electron chi connectivity index (χ4n) is 2.51. The van der Waals surface area contributed by atoms with Gasteiger partial charge in [0.05, 0.1) is 6.04 Å². The maximum Gasteiger partial charge on any atom is 0.239 e. The van der Waals surface area contributed by atoms with Crippen LogP contribution in [0.25, 0.3) is 0 Å². The molecule has 0 spiro atoms. The van der Waals surface area contributed by atoms with Crippen LogP contribution in [0.5, 0.6) is 0 Å². The van der Waals surface area contributed by atoms with Gasteiger partial charge >= 0.3 is 0 Å². The zero-order valence-corrected chi connectivity index (χ0v) is 11.8. The summed E-state index contributed by atoms with van der Waals surface area (Å²) in [6.45, 7) is 7.98. The fourth-order valence-corrected chi connectivity index (χ4v) is 2.51. The van der Waals surface area contributed by atoms with Crippen LogP contribution in [0.4, 0.5) is 0 Å². The van der Waals surface area contributed by atoms with Crippen molar-refractivity contribution in [2.45, 2.75) is 39.3 Å². The van der Waals surface area contributed by atoms with Crippen LogP contribution in [0, 0.1) is 11.8 Å². The summed E-state index contributed by atoms with van der Waals surface area (Å²) in [6.07, 6.45) is 0.952. The summed E-state index contributed by atoms with van der Waals surface area (Å²) < 4.78 is 0. The molecule has 0 bridgehead atoms. The van der Waals surface area contributed by atoms with Crippen LogP contribution in [-0.2, 0) is 4.79 Å². The number of likely N-dealkylation sites (tertiary alicyclic amines) is 1. The van der Waals surface area contributed by atoms with Crippen LogP contribution >= 0.6 is 0 Å². The molecule has 0 radical (unpaired) electrons. The van der Waals surface area contributed by atoms with Crippen LogP contribution in [0.1, 0.15) is 27.2 Å². The van der Waals surface area contributed by atoms with E-state index in [9.17, 15) is 4.79 Å². The van der Waals surface area contributed by atoms with E-state index in [-0.39, 0.29) is 17.9 Å². The van der Waals surface area contributed by atoms with Gasteiger partial charge in [0.15, 0.2) is 0 Å². The van der Waals surface area contributed by atoms with Gasteiger partial charge in [-0.3, -0.25) is 4.79 Å². The molecular formula is C13H27N3O. The van der Waals surface area contributed by atoms with Gasteiger partial charge in [-0.05, 0) is 25.9 Å². The Morgan fingerprint density at radius 3 is 2.47 bits per heavy atom. The quantitative estimate of drug-likeness (QED) is 0.791. The van der Waals surface area contributed by atoms with Crippen molar-refractivity contribution in [2.24, 2.45) is 17.6 Å². The van der Waals surface area contributed by atoms with E-state index in [0.29, 0.717) is 12.0 Å². The normalized spacial score (nSPS) is 28.5. The van der Waals surface area contributed by atoms with E-state index < -0.39 is 0 Å². The molecule has 4 atom stereocenters. The minimum atomic E-state index is -0.340. The van der Waals surface area contributed by atoms with Crippen molar-refractivity contribution in [1.82, 2.24) is 9.80 Å². The fraction of sp³-hybridized carbons (Fsp3) is 0.923. The molecule has 1 amide bonds. The Kier molecular flexibility index (Phi) is 4.95. The molecule has 0 aromatic rings. The number of hydrogen-bond donors (Lipinski definition) is 1. The van der Waals surface area contributed by atoms with Crippen molar-refractivity contribution in [1.29, 1.82) is 0 Å². The highest BCUT2D eigenvalue weighted by atomic mass is 16.2. The van der Waals surface area contributed by atoms with E-state index in [0.717, 1.165) is 19.5 Å². The molecule has 100 valence electrons. The molecule has 4 heteroatoms. The van der Waals surface area contributed by atoms with Gasteiger partial charge in [-0.1, -0.05) is 27.2 Å². The summed E-state index contributed by atoms with van der Waals surface area (Å²) in [5.74, 6) is 0.907. The maximum atomic E-state index is 12.2. The van der Waals surface area contributed by atoms with Crippen LogP contribution in [0.3, 0.4) is 0 Å². The largest absolute Gasteiger partial charge is 0.339 e. The summed E-state index contributed by atoms with van der Waals surface area (Å²) in [7, 11) is 4.15. The molecule has 1 rings (SSSR count). The number of nitrogens with two attached hydrogens (primary N) is 1. The third-order valence-corrected chi connectivity index (χ3v) is 4.09. The first-order valence-corrected chi connectivity index (χ1v) is 6.59. The van der Waals surface area contributed by atoms with E-state index in [2.05, 4.69) is 32.8 Å². The second kappa shape index (κ2) is 5.83. The molecule has 1 aliphatic heterocycles. The molecule has 2 N–H and O–H groups in total. The summed E-state index contributed by atoms with van der Waals surface area (Å²) in [6, 6.07) is 0.121. The predicted octanol–water partition coefficient (Wildman–Crippen LogP) is 0.768. The molecule has 0 saturated carbocycles. The summed E-state index contributed by atoms with van der Waals surface area (Å²) in [4.78, 5) is 16.4. The lowest BCUT2D eigenvalue weighted by molar-refractivity contribution is -0.132. The second-order valence-corrected chi connectivity index (χ2v) is 5.66. The molecule has 0 aromatic carbocycles. The zero-order chi connectivity index (χ0) is 13.2. The van der Waals surface area contributed by atoms with Gasteiger partial charge in [0.25, 0.3) is 0 Å². The van der Waals surface area contributed by atoms with Crippen molar-refractivity contribution >= 4 is 5.91 Å². The van der Waals surface area contributed by atoms with E-state index in [4.69, 9.17) is 5.73 Å². The van der Waals surface area contributed by atoms with Gasteiger partial charge in [-0.2, -0.15) is 0 Å². The minimum absolute atomic E-state index is 0.121. The molecule has 1 fully saturated rings. The van der Waals surface area contributed by atoms with Crippen molar-refractivity contribution < 1.29 is 4.79 Å². The topological polar surface area (TPSA) is 49.6 Å². The first-order chi connectivity index (χ1) is 7.88. The zero-order valence-electron chi connectivity index (χ0n) is 11.8. The number of rotatable bonds is 4. The van der Waals surface area contributed by atoms with E-state index in [1.54, 1.807) is 0 Å². The Balaban J connectivity index is 2.61. The summed E-state index contributed by atoms with van der Waals surface area (Å²) >= 11 is 0. The van der Waals surface area contributed by atoms with Gasteiger partial charge < -0.3 is 15.5 Å². The Morgan fingerprint density at radius 1 is 1.47 bits per heavy atom. The molecule has 0 aliphatic carbocycles. The first-order valence-electron chi connectivity index (χ1n) is 6.59. The summed E-state index contributed by atoms with van der Waals surface area (Å²) in [5.41, 5.74) is 6.01. The minimum Gasteiger partial charge on any atom is -0.339 e. The van der Waals surface area contributed by atoms with Gasteiger partial charge in [0.1, 0.15) is 0 Å². The lowest BCUT2D eigenvalue weighted by Crippen LogP contribution is -2.47. The molecule has 17 heavy (non-hydrogen) atoms.